The molecule has 0 aliphatic rings. The van der Waals surface area contributed by atoms with Crippen molar-refractivity contribution < 1.29 is 9.84 Å². The second-order valence-electron chi connectivity index (χ2n) is 6.29. The van der Waals surface area contributed by atoms with E-state index in [0.29, 0.717) is 6.54 Å². The fourth-order valence-electron chi connectivity index (χ4n) is 2.48. The molecule has 0 bridgehead atoms. The van der Waals surface area contributed by atoms with Gasteiger partial charge in [-0.25, -0.2) is 0 Å². The number of aryl methyl sites for hydroxylation is 3. The quantitative estimate of drug-likeness (QED) is 0.513. The van der Waals surface area contributed by atoms with Crippen molar-refractivity contribution in [2.75, 3.05) is 18.4 Å². The predicted molar refractivity (Wildman–Crippen MR) is 99.7 cm³/mol. The fraction of sp³-hybridized carbons (Fsp3) is 0.400. The Kier molecular flexibility index (Phi) is 6.64. The van der Waals surface area contributed by atoms with Crippen LogP contribution in [-0.2, 0) is 0 Å². The van der Waals surface area contributed by atoms with Crippen molar-refractivity contribution in [2.24, 2.45) is 0 Å². The van der Waals surface area contributed by atoms with Gasteiger partial charge in [-0.15, -0.1) is 0 Å². The van der Waals surface area contributed by atoms with E-state index in [2.05, 4.69) is 42.7 Å². The molecule has 0 saturated carbocycles. The molecule has 0 amide bonds. The molecule has 0 aliphatic carbocycles. The summed E-state index contributed by atoms with van der Waals surface area (Å²) in [6.07, 6.45) is -1.04. The highest BCUT2D eigenvalue weighted by Gasteiger charge is 2.15. The average Bonchev–Trinajstić information content (AvgIpc) is 2.53. The van der Waals surface area contributed by atoms with E-state index < -0.39 is 12.3 Å². The third-order valence-corrected chi connectivity index (χ3v) is 3.87. The summed E-state index contributed by atoms with van der Waals surface area (Å²) in [5.41, 5.74) is 4.74. The number of rotatable bonds is 8. The standard InChI is InChI=1S/C20H28N2O2/c1-14-6-5-7-18(12-14)24-20(17(4)23)22-11-10-21-19-13-15(2)8-9-16(19)3/h5-9,12-13,17,20-23H,10-11H2,1-4H3. The minimum absolute atomic E-state index is 0.438. The molecule has 24 heavy (non-hydrogen) atoms. The topological polar surface area (TPSA) is 53.5 Å². The first kappa shape index (κ1) is 18.3. The lowest BCUT2D eigenvalue weighted by Crippen LogP contribution is -2.44. The van der Waals surface area contributed by atoms with Crippen LogP contribution in [0, 0.1) is 20.8 Å². The molecule has 2 aromatic rings. The van der Waals surface area contributed by atoms with Crippen molar-refractivity contribution in [3.8, 4) is 5.75 Å². The molecule has 2 rings (SSSR count). The van der Waals surface area contributed by atoms with Gasteiger partial charge in [0.2, 0.25) is 0 Å². The van der Waals surface area contributed by atoms with Crippen LogP contribution in [0.15, 0.2) is 42.5 Å². The highest BCUT2D eigenvalue weighted by molar-refractivity contribution is 5.52. The molecule has 3 N–H and O–H groups in total. The van der Waals surface area contributed by atoms with E-state index in [1.165, 1.54) is 11.1 Å². The van der Waals surface area contributed by atoms with E-state index in [-0.39, 0.29) is 0 Å². The van der Waals surface area contributed by atoms with Crippen LogP contribution in [0.5, 0.6) is 5.75 Å². The summed E-state index contributed by atoms with van der Waals surface area (Å²) in [5.74, 6) is 0.760. The maximum atomic E-state index is 9.93. The second kappa shape index (κ2) is 8.71. The van der Waals surface area contributed by atoms with Crippen molar-refractivity contribution in [3.05, 3.63) is 59.2 Å². The van der Waals surface area contributed by atoms with Gasteiger partial charge in [0.25, 0.3) is 0 Å². The van der Waals surface area contributed by atoms with Crippen molar-refractivity contribution in [3.63, 3.8) is 0 Å². The molecular weight excluding hydrogens is 300 g/mol. The Balaban J connectivity index is 1.84. The molecule has 0 aliphatic heterocycles. The normalized spacial score (nSPS) is 13.4. The van der Waals surface area contributed by atoms with Gasteiger partial charge in [-0.1, -0.05) is 24.3 Å². The zero-order valence-electron chi connectivity index (χ0n) is 15.0. The first-order valence-corrected chi connectivity index (χ1v) is 8.41. The van der Waals surface area contributed by atoms with E-state index in [0.717, 1.165) is 23.5 Å². The lowest BCUT2D eigenvalue weighted by atomic mass is 10.1. The largest absolute Gasteiger partial charge is 0.473 e. The second-order valence-corrected chi connectivity index (χ2v) is 6.29. The van der Waals surface area contributed by atoms with Gasteiger partial charge in [0.1, 0.15) is 11.9 Å². The van der Waals surface area contributed by atoms with Gasteiger partial charge in [0.05, 0.1) is 0 Å². The minimum atomic E-state index is -0.605. The first-order valence-electron chi connectivity index (χ1n) is 8.41. The SMILES string of the molecule is Cc1cccc(OC(NCCNc2cc(C)ccc2C)C(C)O)c1. The van der Waals surface area contributed by atoms with Gasteiger partial charge in [-0.05, 0) is 62.6 Å². The van der Waals surface area contributed by atoms with E-state index >= 15 is 0 Å². The van der Waals surface area contributed by atoms with Crippen LogP contribution in [0.2, 0.25) is 0 Å². The highest BCUT2D eigenvalue weighted by atomic mass is 16.5. The molecule has 0 saturated heterocycles. The zero-order chi connectivity index (χ0) is 17.5. The van der Waals surface area contributed by atoms with Crippen LogP contribution in [0.25, 0.3) is 0 Å². The summed E-state index contributed by atoms with van der Waals surface area (Å²) < 4.78 is 5.86. The summed E-state index contributed by atoms with van der Waals surface area (Å²) in [4.78, 5) is 0. The highest BCUT2D eigenvalue weighted by Crippen LogP contribution is 2.16. The maximum absolute atomic E-state index is 9.93. The number of nitrogens with one attached hydrogen (secondary N) is 2. The lowest BCUT2D eigenvalue weighted by Gasteiger charge is -2.23. The van der Waals surface area contributed by atoms with Crippen molar-refractivity contribution >= 4 is 5.69 Å². The molecule has 0 aromatic heterocycles. The number of hydrogen-bond acceptors (Lipinski definition) is 4. The summed E-state index contributed by atoms with van der Waals surface area (Å²) >= 11 is 0. The van der Waals surface area contributed by atoms with Crippen LogP contribution in [0.3, 0.4) is 0 Å². The van der Waals surface area contributed by atoms with Gasteiger partial charge in [-0.2, -0.15) is 0 Å². The molecule has 0 radical (unpaired) electrons. The number of anilines is 1. The Labute approximate surface area is 144 Å². The Bertz CT molecular complexity index is 656. The van der Waals surface area contributed by atoms with Crippen LogP contribution in [0.4, 0.5) is 5.69 Å². The van der Waals surface area contributed by atoms with Gasteiger partial charge < -0.3 is 15.2 Å². The molecule has 4 heteroatoms. The Hall–Kier alpha value is -2.04. The Morgan fingerprint density at radius 3 is 2.46 bits per heavy atom. The molecule has 130 valence electrons. The number of aliphatic hydroxyl groups is 1. The molecule has 2 aromatic carbocycles. The van der Waals surface area contributed by atoms with Crippen LogP contribution >= 0.6 is 0 Å². The lowest BCUT2D eigenvalue weighted by molar-refractivity contribution is 0.0279. The van der Waals surface area contributed by atoms with Crippen LogP contribution < -0.4 is 15.4 Å². The molecule has 4 nitrogen and oxygen atoms in total. The molecule has 0 heterocycles. The predicted octanol–water partition coefficient (Wildman–Crippen LogP) is 3.40. The molecule has 2 unspecified atom stereocenters. The molecule has 0 fully saturated rings. The first-order chi connectivity index (χ1) is 11.5. The average molecular weight is 328 g/mol. The van der Waals surface area contributed by atoms with Gasteiger partial charge in [-0.3, -0.25) is 5.32 Å². The van der Waals surface area contributed by atoms with Gasteiger partial charge in [0, 0.05) is 18.8 Å². The van der Waals surface area contributed by atoms with Crippen LogP contribution in [0.1, 0.15) is 23.6 Å². The number of benzene rings is 2. The van der Waals surface area contributed by atoms with Crippen molar-refractivity contribution in [1.82, 2.24) is 5.32 Å². The van der Waals surface area contributed by atoms with Gasteiger partial charge >= 0.3 is 0 Å². The van der Waals surface area contributed by atoms with Crippen LogP contribution in [-0.4, -0.2) is 30.5 Å². The monoisotopic (exact) mass is 328 g/mol. The van der Waals surface area contributed by atoms with E-state index in [1.807, 2.05) is 31.2 Å². The third-order valence-electron chi connectivity index (χ3n) is 3.87. The molecule has 0 spiro atoms. The summed E-state index contributed by atoms with van der Waals surface area (Å²) in [5, 5.41) is 16.6. The van der Waals surface area contributed by atoms with Crippen molar-refractivity contribution in [2.45, 2.75) is 40.0 Å². The minimum Gasteiger partial charge on any atom is -0.473 e. The number of aliphatic hydroxyl groups excluding tert-OH is 1. The van der Waals surface area contributed by atoms with E-state index in [4.69, 9.17) is 4.74 Å². The molecular formula is C20H28N2O2. The van der Waals surface area contributed by atoms with E-state index in [9.17, 15) is 5.11 Å². The molecule has 2 atom stereocenters. The Morgan fingerprint density at radius 2 is 1.75 bits per heavy atom. The summed E-state index contributed by atoms with van der Waals surface area (Å²) in [6.45, 7) is 9.37. The van der Waals surface area contributed by atoms with E-state index in [1.54, 1.807) is 6.92 Å². The third kappa shape index (κ3) is 5.55. The Morgan fingerprint density at radius 1 is 1.00 bits per heavy atom. The van der Waals surface area contributed by atoms with Gasteiger partial charge in [0.15, 0.2) is 6.23 Å². The fourth-order valence-corrected chi connectivity index (χ4v) is 2.48. The summed E-state index contributed by atoms with van der Waals surface area (Å²) in [6, 6.07) is 14.2. The summed E-state index contributed by atoms with van der Waals surface area (Å²) in [7, 11) is 0. The smallest absolute Gasteiger partial charge is 0.176 e. The number of hydrogen-bond donors (Lipinski definition) is 3. The number of ether oxygens (including phenoxy) is 1. The zero-order valence-corrected chi connectivity index (χ0v) is 15.0. The maximum Gasteiger partial charge on any atom is 0.176 e. The van der Waals surface area contributed by atoms with Crippen molar-refractivity contribution in [1.29, 1.82) is 0 Å².